The predicted octanol–water partition coefficient (Wildman–Crippen LogP) is -0.412. The molecule has 2 aromatic rings. The summed E-state index contributed by atoms with van der Waals surface area (Å²) >= 11 is 0. The molecule has 3 heterocycles. The zero-order chi connectivity index (χ0) is 25.9. The lowest BCUT2D eigenvalue weighted by Gasteiger charge is -2.48. The van der Waals surface area contributed by atoms with E-state index in [4.69, 9.17) is 28.4 Å². The number of hydrogen-bond acceptors (Lipinski definition) is 11. The van der Waals surface area contributed by atoms with Gasteiger partial charge in [0.25, 0.3) is 0 Å². The third kappa shape index (κ3) is 5.72. The molecule has 0 spiro atoms. The fraction of sp³-hybridized carbons (Fsp3) is 0.538. The maximum atomic E-state index is 10.8. The monoisotopic (exact) mass is 520 g/mol. The van der Waals surface area contributed by atoms with Crippen LogP contribution in [0.3, 0.4) is 0 Å². The molecule has 3 aliphatic rings. The Morgan fingerprint density at radius 1 is 0.757 bits per heavy atom. The molecule has 3 fully saturated rings. The molecule has 0 aromatic heterocycles. The zero-order valence-corrected chi connectivity index (χ0v) is 19.9. The minimum absolute atomic E-state index is 0.0546. The summed E-state index contributed by atoms with van der Waals surface area (Å²) in [6.07, 6.45) is -13.4. The van der Waals surface area contributed by atoms with Crippen molar-refractivity contribution in [2.24, 2.45) is 0 Å². The summed E-state index contributed by atoms with van der Waals surface area (Å²) in [6.45, 7) is -0.399. The Hall–Kier alpha value is -2.00. The molecule has 11 atom stereocenters. The molecule has 0 radical (unpaired) electrons. The van der Waals surface area contributed by atoms with Crippen molar-refractivity contribution >= 4 is 0 Å². The molecule has 0 aliphatic carbocycles. The van der Waals surface area contributed by atoms with E-state index in [1.165, 1.54) is 0 Å². The van der Waals surface area contributed by atoms with Crippen LogP contribution in [0, 0.1) is 0 Å². The van der Waals surface area contributed by atoms with Gasteiger partial charge in [-0.2, -0.15) is 0 Å². The lowest BCUT2D eigenvalue weighted by Crippen LogP contribution is -2.65. The minimum Gasteiger partial charge on any atom is -0.394 e. The van der Waals surface area contributed by atoms with Crippen LogP contribution < -0.4 is 0 Å². The molecular formula is C26H32O11. The second-order valence-electron chi connectivity index (χ2n) is 9.30. The number of aliphatic hydroxyl groups is 5. The molecule has 37 heavy (non-hydrogen) atoms. The highest BCUT2D eigenvalue weighted by atomic mass is 16.8. The average molecular weight is 521 g/mol. The van der Waals surface area contributed by atoms with Crippen molar-refractivity contribution in [3.05, 3.63) is 71.8 Å². The summed E-state index contributed by atoms with van der Waals surface area (Å²) < 4.78 is 34.5. The molecule has 11 heteroatoms. The van der Waals surface area contributed by atoms with Crippen LogP contribution in [0.2, 0.25) is 0 Å². The minimum atomic E-state index is -1.55. The maximum Gasteiger partial charge on any atom is 0.187 e. The van der Waals surface area contributed by atoms with Crippen LogP contribution in [0.1, 0.15) is 17.4 Å². The van der Waals surface area contributed by atoms with Crippen LogP contribution in [-0.2, 0) is 35.0 Å². The van der Waals surface area contributed by atoms with E-state index in [1.54, 1.807) is 0 Å². The van der Waals surface area contributed by atoms with Gasteiger partial charge in [-0.1, -0.05) is 60.7 Å². The van der Waals surface area contributed by atoms with E-state index in [0.29, 0.717) is 0 Å². The molecule has 3 aliphatic heterocycles. The zero-order valence-electron chi connectivity index (χ0n) is 19.9. The smallest absolute Gasteiger partial charge is 0.187 e. The highest BCUT2D eigenvalue weighted by molar-refractivity contribution is 5.17. The highest BCUT2D eigenvalue weighted by Crippen LogP contribution is 2.36. The first-order valence-corrected chi connectivity index (χ1v) is 12.2. The predicted molar refractivity (Wildman–Crippen MR) is 125 cm³/mol. The van der Waals surface area contributed by atoms with Crippen molar-refractivity contribution in [2.45, 2.75) is 74.3 Å². The Balaban J connectivity index is 1.21. The van der Waals surface area contributed by atoms with Crippen LogP contribution in [-0.4, -0.2) is 100 Å². The van der Waals surface area contributed by atoms with Crippen molar-refractivity contribution < 1.29 is 54.0 Å². The van der Waals surface area contributed by atoms with Crippen molar-refractivity contribution in [1.82, 2.24) is 0 Å². The van der Waals surface area contributed by atoms with Gasteiger partial charge in [0.05, 0.1) is 19.8 Å². The average Bonchev–Trinajstić information content (AvgIpc) is 2.94. The molecule has 0 unspecified atom stereocenters. The van der Waals surface area contributed by atoms with Crippen LogP contribution in [0.5, 0.6) is 0 Å². The standard InChI is InChI=1S/C26H32O11/c27-11-16-22(18(28)20(30)25(34-16)32-12-14-7-3-1-4-8-14)37-26-21(31)19(29)23-17(35-26)13-33-24(36-23)15-9-5-2-6-10-15/h1-10,16-31H,11-13H2/t16-,17-,18-,19-,20-,21-,22-,23-,24-,25-,26-/m1/s1. The summed E-state index contributed by atoms with van der Waals surface area (Å²) in [4.78, 5) is 0. The van der Waals surface area contributed by atoms with Crippen LogP contribution in [0.25, 0.3) is 0 Å². The Labute approximate surface area is 213 Å². The first kappa shape index (κ1) is 26.6. The summed E-state index contributed by atoms with van der Waals surface area (Å²) in [5.74, 6) is 0. The lowest BCUT2D eigenvalue weighted by molar-refractivity contribution is -0.386. The molecule has 2 aromatic carbocycles. The quantitative estimate of drug-likeness (QED) is 0.323. The highest BCUT2D eigenvalue weighted by Gasteiger charge is 2.53. The number of fused-ring (bicyclic) bond motifs is 1. The van der Waals surface area contributed by atoms with Gasteiger partial charge in [-0.25, -0.2) is 0 Å². The van der Waals surface area contributed by atoms with Gasteiger partial charge in [0.1, 0.15) is 48.8 Å². The number of benzene rings is 2. The Bertz CT molecular complexity index is 975. The van der Waals surface area contributed by atoms with Crippen molar-refractivity contribution in [3.8, 4) is 0 Å². The second kappa shape index (κ2) is 11.8. The largest absolute Gasteiger partial charge is 0.394 e. The first-order chi connectivity index (χ1) is 18.0. The molecule has 5 N–H and O–H groups in total. The summed E-state index contributed by atoms with van der Waals surface area (Å²) in [5, 5.41) is 52.8. The van der Waals surface area contributed by atoms with Crippen LogP contribution in [0.15, 0.2) is 60.7 Å². The first-order valence-electron chi connectivity index (χ1n) is 12.2. The van der Waals surface area contributed by atoms with Crippen LogP contribution in [0.4, 0.5) is 0 Å². The van der Waals surface area contributed by atoms with E-state index in [9.17, 15) is 25.5 Å². The molecule has 0 bridgehead atoms. The van der Waals surface area contributed by atoms with Crippen molar-refractivity contribution in [1.29, 1.82) is 0 Å². The summed E-state index contributed by atoms with van der Waals surface area (Å²) in [6, 6.07) is 18.4. The van der Waals surface area contributed by atoms with E-state index >= 15 is 0 Å². The fourth-order valence-electron chi connectivity index (χ4n) is 4.74. The Kier molecular flexibility index (Phi) is 8.49. The van der Waals surface area contributed by atoms with Gasteiger partial charge in [-0.3, -0.25) is 0 Å². The molecule has 0 amide bonds. The topological polar surface area (TPSA) is 157 Å². The van der Waals surface area contributed by atoms with E-state index in [1.807, 2.05) is 60.7 Å². The van der Waals surface area contributed by atoms with Gasteiger partial charge >= 0.3 is 0 Å². The van der Waals surface area contributed by atoms with E-state index in [0.717, 1.165) is 11.1 Å². The number of ether oxygens (including phenoxy) is 6. The van der Waals surface area contributed by atoms with Gasteiger partial charge in [-0.05, 0) is 5.56 Å². The van der Waals surface area contributed by atoms with Gasteiger partial charge < -0.3 is 54.0 Å². The van der Waals surface area contributed by atoms with E-state index in [-0.39, 0.29) is 13.2 Å². The Morgan fingerprint density at radius 2 is 1.43 bits per heavy atom. The number of rotatable bonds is 7. The van der Waals surface area contributed by atoms with Gasteiger partial charge in [0, 0.05) is 5.56 Å². The fourth-order valence-corrected chi connectivity index (χ4v) is 4.74. The number of hydrogen-bond donors (Lipinski definition) is 5. The molecule has 202 valence electrons. The third-order valence-corrected chi connectivity index (χ3v) is 6.77. The molecular weight excluding hydrogens is 488 g/mol. The molecule has 5 rings (SSSR count). The summed E-state index contributed by atoms with van der Waals surface area (Å²) in [7, 11) is 0. The van der Waals surface area contributed by atoms with E-state index < -0.39 is 74.3 Å². The number of aliphatic hydroxyl groups excluding tert-OH is 5. The maximum absolute atomic E-state index is 10.8. The lowest BCUT2D eigenvalue weighted by atomic mass is 9.96. The van der Waals surface area contributed by atoms with Crippen molar-refractivity contribution in [3.63, 3.8) is 0 Å². The SMILES string of the molecule is OC[C@H]1O[C@@H](OCc2ccccc2)[C@H](O)[C@@H](O)[C@@H]1O[C@H]1O[C@@H]2CO[C@@H](c3ccccc3)O[C@H]2[C@H](O)[C@H]1O. The Morgan fingerprint density at radius 3 is 2.14 bits per heavy atom. The van der Waals surface area contributed by atoms with Gasteiger partial charge in [-0.15, -0.1) is 0 Å². The molecule has 0 saturated carbocycles. The third-order valence-electron chi connectivity index (χ3n) is 6.77. The molecule has 11 nitrogen and oxygen atoms in total. The molecule has 3 saturated heterocycles. The van der Waals surface area contributed by atoms with E-state index in [2.05, 4.69) is 0 Å². The summed E-state index contributed by atoms with van der Waals surface area (Å²) in [5.41, 5.74) is 1.59. The van der Waals surface area contributed by atoms with Crippen molar-refractivity contribution in [2.75, 3.05) is 13.2 Å². The van der Waals surface area contributed by atoms with Gasteiger partial charge in [0.2, 0.25) is 0 Å². The normalized spacial score (nSPS) is 40.2. The van der Waals surface area contributed by atoms with Gasteiger partial charge in [0.15, 0.2) is 18.9 Å². The van der Waals surface area contributed by atoms with Crippen LogP contribution >= 0.6 is 0 Å². The second-order valence-corrected chi connectivity index (χ2v) is 9.30.